The maximum absolute atomic E-state index is 9.00. The minimum atomic E-state index is 0.150. The second kappa shape index (κ2) is 4.52. The van der Waals surface area contributed by atoms with E-state index < -0.39 is 0 Å². The standard InChI is InChI=1S/C12H16ClNO/c1-8(7-15)14-12-5-2-9-6-10(13)3-4-11(9)12/h3-4,6,8,12,14-15H,2,5,7H2,1H3/t8-,12?/m1/s1. The predicted octanol–water partition coefficient (Wildman–Crippen LogP) is 2.30. The van der Waals surface area contributed by atoms with E-state index in [1.165, 1.54) is 11.1 Å². The van der Waals surface area contributed by atoms with Crippen molar-refractivity contribution in [2.45, 2.75) is 31.8 Å². The molecule has 2 atom stereocenters. The number of rotatable bonds is 3. The van der Waals surface area contributed by atoms with Crippen LogP contribution in [-0.4, -0.2) is 17.8 Å². The second-order valence-electron chi connectivity index (χ2n) is 4.18. The highest BCUT2D eigenvalue weighted by molar-refractivity contribution is 6.30. The Balaban J connectivity index is 2.14. The zero-order valence-corrected chi connectivity index (χ0v) is 9.59. The van der Waals surface area contributed by atoms with E-state index in [1.54, 1.807) is 0 Å². The first-order chi connectivity index (χ1) is 7.20. The van der Waals surface area contributed by atoms with Gasteiger partial charge in [0, 0.05) is 17.1 Å². The summed E-state index contributed by atoms with van der Waals surface area (Å²) in [5.41, 5.74) is 2.67. The maximum atomic E-state index is 9.00. The van der Waals surface area contributed by atoms with Gasteiger partial charge in [-0.1, -0.05) is 17.7 Å². The zero-order valence-electron chi connectivity index (χ0n) is 8.83. The maximum Gasteiger partial charge on any atom is 0.0582 e. The smallest absolute Gasteiger partial charge is 0.0582 e. The summed E-state index contributed by atoms with van der Waals surface area (Å²) in [6, 6.07) is 6.59. The van der Waals surface area contributed by atoms with Crippen LogP contribution >= 0.6 is 11.6 Å². The molecular weight excluding hydrogens is 210 g/mol. The van der Waals surface area contributed by atoms with E-state index in [4.69, 9.17) is 16.7 Å². The van der Waals surface area contributed by atoms with Crippen LogP contribution in [0.25, 0.3) is 0 Å². The fraction of sp³-hybridized carbons (Fsp3) is 0.500. The lowest BCUT2D eigenvalue weighted by Crippen LogP contribution is -2.32. The van der Waals surface area contributed by atoms with Crippen molar-refractivity contribution in [2.75, 3.05) is 6.61 Å². The van der Waals surface area contributed by atoms with Gasteiger partial charge in [0.05, 0.1) is 6.61 Å². The lowest BCUT2D eigenvalue weighted by Gasteiger charge is -2.18. The highest BCUT2D eigenvalue weighted by atomic mass is 35.5. The van der Waals surface area contributed by atoms with Crippen molar-refractivity contribution in [3.8, 4) is 0 Å². The first-order valence-electron chi connectivity index (χ1n) is 5.36. The van der Waals surface area contributed by atoms with Crippen molar-refractivity contribution in [2.24, 2.45) is 0 Å². The number of aliphatic hydroxyl groups is 1. The van der Waals surface area contributed by atoms with Crippen LogP contribution in [0.5, 0.6) is 0 Å². The van der Waals surface area contributed by atoms with Crippen molar-refractivity contribution in [3.05, 3.63) is 34.3 Å². The first kappa shape index (κ1) is 10.9. The lowest BCUT2D eigenvalue weighted by atomic mass is 10.1. The molecule has 0 bridgehead atoms. The number of fused-ring (bicyclic) bond motifs is 1. The molecule has 1 aromatic rings. The largest absolute Gasteiger partial charge is 0.395 e. The van der Waals surface area contributed by atoms with Gasteiger partial charge in [-0.3, -0.25) is 0 Å². The first-order valence-corrected chi connectivity index (χ1v) is 5.73. The van der Waals surface area contributed by atoms with Crippen molar-refractivity contribution in [1.82, 2.24) is 5.32 Å². The van der Waals surface area contributed by atoms with Gasteiger partial charge in [0.25, 0.3) is 0 Å². The number of hydrogen-bond donors (Lipinski definition) is 2. The SMILES string of the molecule is C[C@H](CO)NC1CCc2cc(Cl)ccc21. The Morgan fingerprint density at radius 2 is 2.40 bits per heavy atom. The molecule has 2 rings (SSSR count). The summed E-state index contributed by atoms with van der Waals surface area (Å²) in [6.45, 7) is 2.17. The zero-order chi connectivity index (χ0) is 10.8. The van der Waals surface area contributed by atoms with Gasteiger partial charge in [0.2, 0.25) is 0 Å². The third-order valence-electron chi connectivity index (χ3n) is 2.94. The number of hydrogen-bond acceptors (Lipinski definition) is 2. The molecule has 0 fully saturated rings. The molecule has 1 aromatic carbocycles. The van der Waals surface area contributed by atoms with Crippen molar-refractivity contribution >= 4 is 11.6 Å². The van der Waals surface area contributed by atoms with E-state index in [0.717, 1.165) is 17.9 Å². The highest BCUT2D eigenvalue weighted by Gasteiger charge is 2.23. The van der Waals surface area contributed by atoms with Crippen LogP contribution in [-0.2, 0) is 6.42 Å². The molecule has 0 saturated carbocycles. The van der Waals surface area contributed by atoms with Gasteiger partial charge in [-0.05, 0) is 43.0 Å². The molecular formula is C12H16ClNO. The summed E-state index contributed by atoms with van der Waals surface area (Å²) in [5.74, 6) is 0. The number of benzene rings is 1. The van der Waals surface area contributed by atoms with Crippen LogP contribution in [0.3, 0.4) is 0 Å². The average molecular weight is 226 g/mol. The summed E-state index contributed by atoms with van der Waals surface area (Å²) >= 11 is 5.94. The average Bonchev–Trinajstić information content (AvgIpc) is 2.60. The Morgan fingerprint density at radius 1 is 1.60 bits per heavy atom. The highest BCUT2D eigenvalue weighted by Crippen LogP contribution is 2.32. The molecule has 1 aliphatic carbocycles. The molecule has 0 radical (unpaired) electrons. The minimum absolute atomic E-state index is 0.150. The molecule has 0 aliphatic heterocycles. The Kier molecular flexibility index (Phi) is 3.29. The molecule has 2 N–H and O–H groups in total. The molecule has 15 heavy (non-hydrogen) atoms. The number of aryl methyl sites for hydroxylation is 1. The van der Waals surface area contributed by atoms with Gasteiger partial charge in [-0.2, -0.15) is 0 Å². The molecule has 0 amide bonds. The third-order valence-corrected chi connectivity index (χ3v) is 3.18. The topological polar surface area (TPSA) is 32.3 Å². The molecule has 2 nitrogen and oxygen atoms in total. The summed E-state index contributed by atoms with van der Waals surface area (Å²) < 4.78 is 0. The minimum Gasteiger partial charge on any atom is -0.395 e. The molecule has 0 aromatic heterocycles. The van der Waals surface area contributed by atoms with Gasteiger partial charge >= 0.3 is 0 Å². The molecule has 1 unspecified atom stereocenters. The van der Waals surface area contributed by atoms with Crippen LogP contribution < -0.4 is 5.32 Å². The van der Waals surface area contributed by atoms with Gasteiger partial charge in [0.15, 0.2) is 0 Å². The van der Waals surface area contributed by atoms with Crippen molar-refractivity contribution < 1.29 is 5.11 Å². The molecule has 1 aliphatic rings. The number of aliphatic hydroxyl groups excluding tert-OH is 1. The fourth-order valence-corrected chi connectivity index (χ4v) is 2.35. The quantitative estimate of drug-likeness (QED) is 0.828. The summed E-state index contributed by atoms with van der Waals surface area (Å²) in [4.78, 5) is 0. The van der Waals surface area contributed by atoms with Crippen LogP contribution in [0.15, 0.2) is 18.2 Å². The van der Waals surface area contributed by atoms with Gasteiger partial charge < -0.3 is 10.4 Å². The molecule has 0 heterocycles. The summed E-state index contributed by atoms with van der Waals surface area (Å²) in [6.07, 6.45) is 2.17. The predicted molar refractivity (Wildman–Crippen MR) is 62.2 cm³/mol. The van der Waals surface area contributed by atoms with Crippen LogP contribution in [0, 0.1) is 0 Å². The molecule has 82 valence electrons. The van der Waals surface area contributed by atoms with Crippen molar-refractivity contribution in [3.63, 3.8) is 0 Å². The fourth-order valence-electron chi connectivity index (χ4n) is 2.16. The lowest BCUT2D eigenvalue weighted by molar-refractivity contribution is 0.240. The van der Waals surface area contributed by atoms with Gasteiger partial charge in [-0.15, -0.1) is 0 Å². The van der Waals surface area contributed by atoms with Crippen LogP contribution in [0.1, 0.15) is 30.5 Å². The second-order valence-corrected chi connectivity index (χ2v) is 4.62. The Hall–Kier alpha value is -0.570. The van der Waals surface area contributed by atoms with E-state index in [-0.39, 0.29) is 12.6 Å². The van der Waals surface area contributed by atoms with Gasteiger partial charge in [0.1, 0.15) is 0 Å². The van der Waals surface area contributed by atoms with E-state index in [9.17, 15) is 0 Å². The van der Waals surface area contributed by atoms with Gasteiger partial charge in [-0.25, -0.2) is 0 Å². The van der Waals surface area contributed by atoms with Crippen LogP contribution in [0.2, 0.25) is 5.02 Å². The molecule has 0 saturated heterocycles. The Morgan fingerprint density at radius 3 is 3.13 bits per heavy atom. The Bertz CT molecular complexity index is 353. The Labute approximate surface area is 95.3 Å². The summed E-state index contributed by atoms with van der Waals surface area (Å²) in [5, 5.41) is 13.2. The third kappa shape index (κ3) is 2.33. The monoisotopic (exact) mass is 225 g/mol. The number of nitrogens with one attached hydrogen (secondary N) is 1. The molecule has 0 spiro atoms. The molecule has 3 heteroatoms. The summed E-state index contributed by atoms with van der Waals surface area (Å²) in [7, 11) is 0. The van der Waals surface area contributed by atoms with E-state index in [0.29, 0.717) is 6.04 Å². The normalized spacial score (nSPS) is 21.4. The van der Waals surface area contributed by atoms with E-state index >= 15 is 0 Å². The number of halogens is 1. The van der Waals surface area contributed by atoms with E-state index in [2.05, 4.69) is 11.4 Å². The van der Waals surface area contributed by atoms with Crippen molar-refractivity contribution in [1.29, 1.82) is 0 Å². The van der Waals surface area contributed by atoms with Crippen LogP contribution in [0.4, 0.5) is 0 Å². The van der Waals surface area contributed by atoms with E-state index in [1.807, 2.05) is 19.1 Å².